The zero-order chi connectivity index (χ0) is 14.4. The summed E-state index contributed by atoms with van der Waals surface area (Å²) in [6.45, 7) is 4.74. The zero-order valence-corrected chi connectivity index (χ0v) is 13.7. The molecule has 2 heterocycles. The molecule has 1 saturated carbocycles. The van der Waals surface area contributed by atoms with Crippen molar-refractivity contribution in [3.05, 3.63) is 15.8 Å². The highest BCUT2D eigenvalue weighted by Gasteiger charge is 2.41. The summed E-state index contributed by atoms with van der Waals surface area (Å²) >= 11 is 1.54. The molecule has 1 saturated heterocycles. The molecule has 6 heteroatoms. The van der Waals surface area contributed by atoms with Gasteiger partial charge in [-0.15, -0.1) is 11.3 Å². The Morgan fingerprint density at radius 2 is 2.15 bits per heavy atom. The van der Waals surface area contributed by atoms with E-state index >= 15 is 0 Å². The second kappa shape index (κ2) is 5.09. The standard InChI is InChI=1S/C14H22N2O2S2/c1-10-8-13(11(2)19-10)20(17,18)16-12-4-7-15-14(9-12)5-3-6-14/h8,12,15-16H,3-7,9H2,1-2H3. The molecule has 0 aromatic carbocycles. The molecule has 1 unspecified atom stereocenters. The first-order chi connectivity index (χ1) is 9.40. The van der Waals surface area contributed by atoms with Crippen molar-refractivity contribution in [2.24, 2.45) is 0 Å². The van der Waals surface area contributed by atoms with E-state index in [4.69, 9.17) is 0 Å². The van der Waals surface area contributed by atoms with E-state index in [1.165, 1.54) is 19.3 Å². The number of piperidine rings is 1. The molecule has 3 rings (SSSR count). The van der Waals surface area contributed by atoms with Crippen molar-refractivity contribution >= 4 is 21.4 Å². The molecule has 112 valence electrons. The van der Waals surface area contributed by atoms with E-state index in [1.807, 2.05) is 13.8 Å². The van der Waals surface area contributed by atoms with Gasteiger partial charge < -0.3 is 5.32 Å². The highest BCUT2D eigenvalue weighted by atomic mass is 32.2. The summed E-state index contributed by atoms with van der Waals surface area (Å²) in [6.07, 6.45) is 5.43. The van der Waals surface area contributed by atoms with Crippen LogP contribution in [0.4, 0.5) is 0 Å². The van der Waals surface area contributed by atoms with Crippen LogP contribution in [0.2, 0.25) is 0 Å². The summed E-state index contributed by atoms with van der Waals surface area (Å²) in [5.41, 5.74) is 0.213. The molecule has 1 aliphatic heterocycles. The molecule has 4 nitrogen and oxygen atoms in total. The minimum Gasteiger partial charge on any atom is -0.311 e. The first-order valence-electron chi connectivity index (χ1n) is 7.25. The predicted molar refractivity (Wildman–Crippen MR) is 81.7 cm³/mol. The van der Waals surface area contributed by atoms with Gasteiger partial charge in [-0.05, 0) is 58.6 Å². The molecule has 0 amide bonds. The number of nitrogens with one attached hydrogen (secondary N) is 2. The fourth-order valence-electron chi connectivity index (χ4n) is 3.40. The molecule has 2 aliphatic rings. The van der Waals surface area contributed by atoms with Crippen LogP contribution in [-0.4, -0.2) is 26.5 Å². The first-order valence-corrected chi connectivity index (χ1v) is 9.55. The lowest BCUT2D eigenvalue weighted by atomic mass is 9.70. The normalized spacial score (nSPS) is 25.6. The second-order valence-corrected chi connectivity index (χ2v) is 9.29. The summed E-state index contributed by atoms with van der Waals surface area (Å²) in [7, 11) is -3.37. The highest BCUT2D eigenvalue weighted by molar-refractivity contribution is 7.89. The number of sulfonamides is 1. The largest absolute Gasteiger partial charge is 0.311 e. The van der Waals surface area contributed by atoms with Gasteiger partial charge in [-0.2, -0.15) is 0 Å². The minimum atomic E-state index is -3.37. The van der Waals surface area contributed by atoms with Gasteiger partial charge in [0.15, 0.2) is 0 Å². The van der Waals surface area contributed by atoms with Crippen molar-refractivity contribution in [2.45, 2.75) is 62.4 Å². The quantitative estimate of drug-likeness (QED) is 0.900. The predicted octanol–water partition coefficient (Wildman–Crippen LogP) is 2.32. The van der Waals surface area contributed by atoms with Crippen molar-refractivity contribution in [2.75, 3.05) is 6.54 Å². The average Bonchev–Trinajstić information content (AvgIpc) is 2.67. The van der Waals surface area contributed by atoms with Gasteiger partial charge in [-0.25, -0.2) is 13.1 Å². The molecule has 1 aromatic heterocycles. The summed E-state index contributed by atoms with van der Waals surface area (Å²) < 4.78 is 28.0. The molecular weight excluding hydrogens is 292 g/mol. The van der Waals surface area contributed by atoms with E-state index in [0.717, 1.165) is 29.1 Å². The van der Waals surface area contributed by atoms with Crippen molar-refractivity contribution in [1.82, 2.24) is 10.0 Å². The maximum atomic E-state index is 12.5. The van der Waals surface area contributed by atoms with Crippen molar-refractivity contribution in [3.8, 4) is 0 Å². The lowest BCUT2D eigenvalue weighted by Crippen LogP contribution is -2.59. The van der Waals surface area contributed by atoms with Crippen LogP contribution in [0.15, 0.2) is 11.0 Å². The van der Waals surface area contributed by atoms with Crippen LogP contribution < -0.4 is 10.0 Å². The number of thiophene rings is 1. The van der Waals surface area contributed by atoms with Gasteiger partial charge in [0, 0.05) is 21.3 Å². The van der Waals surface area contributed by atoms with E-state index < -0.39 is 10.0 Å². The summed E-state index contributed by atoms with van der Waals surface area (Å²) in [5.74, 6) is 0. The maximum absolute atomic E-state index is 12.5. The van der Waals surface area contributed by atoms with Crippen molar-refractivity contribution in [3.63, 3.8) is 0 Å². The fraction of sp³-hybridized carbons (Fsp3) is 0.714. The van der Waals surface area contributed by atoms with Crippen LogP contribution in [0, 0.1) is 13.8 Å². The van der Waals surface area contributed by atoms with E-state index in [1.54, 1.807) is 17.4 Å². The molecule has 1 spiro atoms. The molecule has 2 fully saturated rings. The topological polar surface area (TPSA) is 58.2 Å². The van der Waals surface area contributed by atoms with Crippen LogP contribution in [0.5, 0.6) is 0 Å². The van der Waals surface area contributed by atoms with Gasteiger partial charge in [0.2, 0.25) is 10.0 Å². The van der Waals surface area contributed by atoms with E-state index in [0.29, 0.717) is 4.90 Å². The van der Waals surface area contributed by atoms with Crippen LogP contribution in [-0.2, 0) is 10.0 Å². The Hall–Kier alpha value is -0.430. The SMILES string of the molecule is Cc1cc(S(=O)(=O)NC2CCNC3(CCC3)C2)c(C)s1. The van der Waals surface area contributed by atoms with E-state index in [9.17, 15) is 8.42 Å². The smallest absolute Gasteiger partial charge is 0.241 e. The average molecular weight is 314 g/mol. The molecule has 0 bridgehead atoms. The third-order valence-corrected chi connectivity index (χ3v) is 7.29. The van der Waals surface area contributed by atoms with Crippen molar-refractivity contribution in [1.29, 1.82) is 0 Å². The van der Waals surface area contributed by atoms with Gasteiger partial charge in [-0.3, -0.25) is 0 Å². The molecule has 1 aliphatic carbocycles. The number of hydrogen-bond donors (Lipinski definition) is 2. The van der Waals surface area contributed by atoms with Gasteiger partial charge in [-0.1, -0.05) is 0 Å². The molecule has 20 heavy (non-hydrogen) atoms. The van der Waals surface area contributed by atoms with Gasteiger partial charge >= 0.3 is 0 Å². The van der Waals surface area contributed by atoms with Crippen LogP contribution in [0.25, 0.3) is 0 Å². The molecule has 1 atom stereocenters. The first kappa shape index (κ1) is 14.5. The Bertz CT molecular complexity index is 603. The Balaban J connectivity index is 1.74. The maximum Gasteiger partial charge on any atom is 0.241 e. The van der Waals surface area contributed by atoms with Gasteiger partial charge in [0.1, 0.15) is 0 Å². The minimum absolute atomic E-state index is 0.0705. The molecule has 1 aromatic rings. The monoisotopic (exact) mass is 314 g/mol. The van der Waals surface area contributed by atoms with Crippen LogP contribution in [0.1, 0.15) is 41.9 Å². The van der Waals surface area contributed by atoms with E-state index in [2.05, 4.69) is 10.0 Å². The second-order valence-electron chi connectivity index (χ2n) is 6.15. The Morgan fingerprint density at radius 1 is 1.40 bits per heavy atom. The number of hydrogen-bond acceptors (Lipinski definition) is 4. The lowest BCUT2D eigenvalue weighted by Gasteiger charge is -2.48. The molecule has 0 radical (unpaired) electrons. The molecular formula is C14H22N2O2S2. The lowest BCUT2D eigenvalue weighted by molar-refractivity contribution is 0.126. The number of aryl methyl sites for hydroxylation is 2. The third kappa shape index (κ3) is 2.66. The summed E-state index contributed by atoms with van der Waals surface area (Å²) in [5, 5.41) is 3.57. The van der Waals surface area contributed by atoms with E-state index in [-0.39, 0.29) is 11.6 Å². The summed E-state index contributed by atoms with van der Waals surface area (Å²) in [6, 6.07) is 1.85. The fourth-order valence-corrected chi connectivity index (χ4v) is 6.23. The third-order valence-electron chi connectivity index (χ3n) is 4.55. The van der Waals surface area contributed by atoms with Crippen molar-refractivity contribution < 1.29 is 8.42 Å². The molecule has 2 N–H and O–H groups in total. The van der Waals surface area contributed by atoms with Crippen LogP contribution >= 0.6 is 11.3 Å². The number of rotatable bonds is 3. The Labute approximate surface area is 125 Å². The highest BCUT2D eigenvalue weighted by Crippen LogP contribution is 2.38. The van der Waals surface area contributed by atoms with Gasteiger partial charge in [0.05, 0.1) is 4.90 Å². The zero-order valence-electron chi connectivity index (χ0n) is 12.0. The van der Waals surface area contributed by atoms with Crippen LogP contribution in [0.3, 0.4) is 0 Å². The Kier molecular flexibility index (Phi) is 3.69. The Morgan fingerprint density at radius 3 is 2.70 bits per heavy atom. The van der Waals surface area contributed by atoms with Gasteiger partial charge in [0.25, 0.3) is 0 Å². The summed E-state index contributed by atoms with van der Waals surface area (Å²) in [4.78, 5) is 2.38.